The van der Waals surface area contributed by atoms with Crippen LogP contribution in [0.15, 0.2) is 18.2 Å². The van der Waals surface area contributed by atoms with Crippen molar-refractivity contribution in [3.8, 4) is 0 Å². The number of rotatable bonds is 6. The molecule has 1 aromatic carbocycles. The molecule has 0 heterocycles. The fraction of sp³-hybridized carbons (Fsp3) is 0.588. The summed E-state index contributed by atoms with van der Waals surface area (Å²) in [6.07, 6.45) is 5.07. The van der Waals surface area contributed by atoms with Crippen LogP contribution in [-0.2, 0) is 17.6 Å². The summed E-state index contributed by atoms with van der Waals surface area (Å²) in [4.78, 5) is 12.1. The van der Waals surface area contributed by atoms with Crippen LogP contribution in [0.2, 0.25) is 0 Å². The minimum absolute atomic E-state index is 0.0825. The van der Waals surface area contributed by atoms with Gasteiger partial charge in [-0.1, -0.05) is 19.9 Å². The number of carbonyl (C=O) groups excluding carboxylic acids is 1. The molecule has 1 atom stereocenters. The Balaban J connectivity index is 1.90. The zero-order chi connectivity index (χ0) is 14.5. The highest BCUT2D eigenvalue weighted by Gasteiger charge is 2.15. The average Bonchev–Trinajstić information content (AvgIpc) is 2.84. The lowest BCUT2D eigenvalue weighted by Gasteiger charge is -2.16. The molecule has 0 aliphatic heterocycles. The topological polar surface area (TPSA) is 55.1 Å². The van der Waals surface area contributed by atoms with Crippen molar-refractivity contribution >= 4 is 11.6 Å². The minimum atomic E-state index is 0.0825. The first-order valence-electron chi connectivity index (χ1n) is 7.70. The molecule has 0 spiro atoms. The third-order valence-electron chi connectivity index (χ3n) is 3.99. The number of hydrogen-bond donors (Lipinski definition) is 2. The van der Waals surface area contributed by atoms with E-state index in [9.17, 15) is 4.79 Å². The standard InChI is InChI=1S/C17H26N2O/c1-12(2)8-13(11-18)9-17(20)19-16-7-6-14-4-3-5-15(14)10-16/h6-7,10,12-13H,3-5,8-9,11,18H2,1-2H3,(H,19,20)/t13-/m0/s1. The zero-order valence-corrected chi connectivity index (χ0v) is 12.6. The van der Waals surface area contributed by atoms with Crippen LogP contribution in [-0.4, -0.2) is 12.5 Å². The number of amides is 1. The Morgan fingerprint density at radius 1 is 1.30 bits per heavy atom. The van der Waals surface area contributed by atoms with E-state index in [0.717, 1.165) is 18.5 Å². The monoisotopic (exact) mass is 274 g/mol. The van der Waals surface area contributed by atoms with Crippen LogP contribution in [0.25, 0.3) is 0 Å². The fourth-order valence-corrected chi connectivity index (χ4v) is 3.05. The van der Waals surface area contributed by atoms with Gasteiger partial charge >= 0.3 is 0 Å². The van der Waals surface area contributed by atoms with E-state index in [1.807, 2.05) is 6.07 Å². The Kier molecular flexibility index (Phi) is 5.18. The molecule has 2 rings (SSSR count). The average molecular weight is 274 g/mol. The molecule has 1 aliphatic rings. The number of carbonyl (C=O) groups is 1. The van der Waals surface area contributed by atoms with E-state index in [1.165, 1.54) is 24.0 Å². The molecule has 0 saturated carbocycles. The minimum Gasteiger partial charge on any atom is -0.330 e. The summed E-state index contributed by atoms with van der Waals surface area (Å²) in [6.45, 7) is 4.91. The molecule has 3 heteroatoms. The molecule has 3 nitrogen and oxygen atoms in total. The van der Waals surface area contributed by atoms with E-state index >= 15 is 0 Å². The highest BCUT2D eigenvalue weighted by Crippen LogP contribution is 2.25. The maximum absolute atomic E-state index is 12.1. The van der Waals surface area contributed by atoms with E-state index in [4.69, 9.17) is 5.73 Å². The maximum atomic E-state index is 12.1. The van der Waals surface area contributed by atoms with Gasteiger partial charge in [0.25, 0.3) is 0 Å². The van der Waals surface area contributed by atoms with Crippen LogP contribution in [0.5, 0.6) is 0 Å². The molecule has 3 N–H and O–H groups in total. The Bertz CT molecular complexity index is 468. The molecule has 0 saturated heterocycles. The molecular weight excluding hydrogens is 248 g/mol. The smallest absolute Gasteiger partial charge is 0.224 e. The summed E-state index contributed by atoms with van der Waals surface area (Å²) >= 11 is 0. The first kappa shape index (κ1) is 15.0. The molecular formula is C17H26N2O. The highest BCUT2D eigenvalue weighted by atomic mass is 16.1. The first-order valence-corrected chi connectivity index (χ1v) is 7.70. The molecule has 1 aliphatic carbocycles. The fourth-order valence-electron chi connectivity index (χ4n) is 3.05. The Morgan fingerprint density at radius 2 is 2.05 bits per heavy atom. The second-order valence-electron chi connectivity index (χ2n) is 6.32. The van der Waals surface area contributed by atoms with Crippen molar-refractivity contribution in [3.63, 3.8) is 0 Å². The molecule has 110 valence electrons. The van der Waals surface area contributed by atoms with Gasteiger partial charge in [-0.25, -0.2) is 0 Å². The van der Waals surface area contributed by atoms with Gasteiger partial charge < -0.3 is 11.1 Å². The van der Waals surface area contributed by atoms with Crippen LogP contribution in [0, 0.1) is 11.8 Å². The highest BCUT2D eigenvalue weighted by molar-refractivity contribution is 5.91. The third kappa shape index (κ3) is 4.07. The van der Waals surface area contributed by atoms with Crippen molar-refractivity contribution in [2.24, 2.45) is 17.6 Å². The number of fused-ring (bicyclic) bond motifs is 1. The van der Waals surface area contributed by atoms with Crippen molar-refractivity contribution in [2.75, 3.05) is 11.9 Å². The van der Waals surface area contributed by atoms with Gasteiger partial charge in [-0.3, -0.25) is 4.79 Å². The Labute approximate surface area is 121 Å². The van der Waals surface area contributed by atoms with Gasteiger partial charge in [-0.2, -0.15) is 0 Å². The van der Waals surface area contributed by atoms with Crippen LogP contribution in [0.4, 0.5) is 5.69 Å². The van der Waals surface area contributed by atoms with Gasteiger partial charge in [0.1, 0.15) is 0 Å². The Hall–Kier alpha value is -1.35. The van der Waals surface area contributed by atoms with Gasteiger partial charge in [0.15, 0.2) is 0 Å². The molecule has 1 aromatic rings. The summed E-state index contributed by atoms with van der Waals surface area (Å²) < 4.78 is 0. The van der Waals surface area contributed by atoms with E-state index in [2.05, 4.69) is 31.3 Å². The molecule has 1 amide bonds. The second-order valence-corrected chi connectivity index (χ2v) is 6.32. The molecule has 0 bridgehead atoms. The van der Waals surface area contributed by atoms with E-state index in [-0.39, 0.29) is 11.8 Å². The van der Waals surface area contributed by atoms with Gasteiger partial charge in [0.2, 0.25) is 5.91 Å². The predicted octanol–water partition coefficient (Wildman–Crippen LogP) is 3.12. The molecule has 20 heavy (non-hydrogen) atoms. The molecule has 0 fully saturated rings. The van der Waals surface area contributed by atoms with Gasteiger partial charge in [-0.15, -0.1) is 0 Å². The van der Waals surface area contributed by atoms with E-state index in [0.29, 0.717) is 18.9 Å². The lowest BCUT2D eigenvalue weighted by molar-refractivity contribution is -0.117. The Morgan fingerprint density at radius 3 is 2.75 bits per heavy atom. The predicted molar refractivity (Wildman–Crippen MR) is 83.7 cm³/mol. The largest absolute Gasteiger partial charge is 0.330 e. The van der Waals surface area contributed by atoms with Crippen molar-refractivity contribution in [3.05, 3.63) is 29.3 Å². The molecule has 0 radical (unpaired) electrons. The van der Waals surface area contributed by atoms with Crippen LogP contribution in [0.3, 0.4) is 0 Å². The maximum Gasteiger partial charge on any atom is 0.224 e. The van der Waals surface area contributed by atoms with E-state index in [1.54, 1.807) is 0 Å². The molecule has 0 unspecified atom stereocenters. The zero-order valence-electron chi connectivity index (χ0n) is 12.6. The number of anilines is 1. The number of aryl methyl sites for hydroxylation is 2. The lowest BCUT2D eigenvalue weighted by atomic mass is 9.94. The summed E-state index contributed by atoms with van der Waals surface area (Å²) in [6, 6.07) is 6.29. The third-order valence-corrected chi connectivity index (χ3v) is 3.99. The summed E-state index contributed by atoms with van der Waals surface area (Å²) in [7, 11) is 0. The summed E-state index contributed by atoms with van der Waals surface area (Å²) in [5, 5.41) is 3.02. The van der Waals surface area contributed by atoms with Crippen molar-refractivity contribution in [2.45, 2.75) is 46.0 Å². The van der Waals surface area contributed by atoms with Gasteiger partial charge in [0, 0.05) is 12.1 Å². The first-order chi connectivity index (χ1) is 9.58. The lowest BCUT2D eigenvalue weighted by Crippen LogP contribution is -2.23. The van der Waals surface area contributed by atoms with Crippen molar-refractivity contribution in [1.29, 1.82) is 0 Å². The molecule has 0 aromatic heterocycles. The normalized spacial score (nSPS) is 15.2. The number of hydrogen-bond acceptors (Lipinski definition) is 2. The van der Waals surface area contributed by atoms with Crippen molar-refractivity contribution in [1.82, 2.24) is 0 Å². The number of nitrogens with one attached hydrogen (secondary N) is 1. The number of nitrogens with two attached hydrogens (primary N) is 1. The van der Waals surface area contributed by atoms with Crippen LogP contribution >= 0.6 is 0 Å². The quantitative estimate of drug-likeness (QED) is 0.837. The van der Waals surface area contributed by atoms with Gasteiger partial charge in [0.05, 0.1) is 0 Å². The summed E-state index contributed by atoms with van der Waals surface area (Å²) in [5.74, 6) is 0.944. The van der Waals surface area contributed by atoms with Crippen LogP contribution < -0.4 is 11.1 Å². The van der Waals surface area contributed by atoms with E-state index < -0.39 is 0 Å². The van der Waals surface area contributed by atoms with Crippen LogP contribution in [0.1, 0.15) is 44.2 Å². The SMILES string of the molecule is CC(C)C[C@H](CN)CC(=O)Nc1ccc2c(c1)CCC2. The second kappa shape index (κ2) is 6.89. The summed E-state index contributed by atoms with van der Waals surface area (Å²) in [5.41, 5.74) is 9.51. The van der Waals surface area contributed by atoms with Crippen molar-refractivity contribution < 1.29 is 4.79 Å². The van der Waals surface area contributed by atoms with Gasteiger partial charge in [-0.05, 0) is 67.3 Å². The number of benzene rings is 1.